The number of alkyl halides is 1. The third kappa shape index (κ3) is 2.35. The first-order valence-electron chi connectivity index (χ1n) is 4.65. The normalized spacial score (nSPS) is 12.6. The van der Waals surface area contributed by atoms with E-state index in [2.05, 4.69) is 16.9 Å². The molecule has 1 aromatic rings. The molecule has 0 amide bonds. The first-order valence-corrected chi connectivity index (χ1v) is 5.18. The van der Waals surface area contributed by atoms with E-state index in [0.717, 1.165) is 17.2 Å². The summed E-state index contributed by atoms with van der Waals surface area (Å²) in [5.74, 6) is 1.46. The van der Waals surface area contributed by atoms with E-state index >= 15 is 0 Å². The molecule has 0 fully saturated rings. The molecule has 1 heterocycles. The standard InChI is InChI=1S/C10H16ClN3/c1-7(5-11)14(4)10-6-12-8(2)9(3)13-10/h6-7H,5H2,1-4H3. The van der Waals surface area contributed by atoms with E-state index in [1.807, 2.05) is 25.8 Å². The molecule has 1 unspecified atom stereocenters. The van der Waals surface area contributed by atoms with Gasteiger partial charge in [-0.15, -0.1) is 11.6 Å². The molecule has 1 aromatic heterocycles. The Morgan fingerprint density at radius 1 is 1.43 bits per heavy atom. The lowest BCUT2D eigenvalue weighted by Crippen LogP contribution is -2.31. The Morgan fingerprint density at radius 3 is 2.57 bits per heavy atom. The number of aromatic nitrogens is 2. The van der Waals surface area contributed by atoms with Gasteiger partial charge in [0.2, 0.25) is 0 Å². The van der Waals surface area contributed by atoms with Crippen LogP contribution in [0.15, 0.2) is 6.20 Å². The summed E-state index contributed by atoms with van der Waals surface area (Å²) in [5.41, 5.74) is 1.94. The molecule has 0 N–H and O–H groups in total. The van der Waals surface area contributed by atoms with Crippen LogP contribution in [0.1, 0.15) is 18.3 Å². The Bertz CT molecular complexity index is 314. The average molecular weight is 214 g/mol. The van der Waals surface area contributed by atoms with Crippen LogP contribution in [0, 0.1) is 13.8 Å². The zero-order chi connectivity index (χ0) is 10.7. The quantitative estimate of drug-likeness (QED) is 0.721. The summed E-state index contributed by atoms with van der Waals surface area (Å²) >= 11 is 5.78. The topological polar surface area (TPSA) is 29.0 Å². The fourth-order valence-electron chi connectivity index (χ4n) is 1.03. The van der Waals surface area contributed by atoms with E-state index in [-0.39, 0.29) is 6.04 Å². The summed E-state index contributed by atoms with van der Waals surface area (Å²) in [5, 5.41) is 0. The predicted molar refractivity (Wildman–Crippen MR) is 60.1 cm³/mol. The molecule has 0 aliphatic rings. The average Bonchev–Trinajstić information content (AvgIpc) is 2.20. The summed E-state index contributed by atoms with van der Waals surface area (Å²) in [6, 6.07) is 0.271. The number of nitrogens with zero attached hydrogens (tertiary/aromatic N) is 3. The minimum atomic E-state index is 0.271. The molecule has 0 aliphatic heterocycles. The van der Waals surface area contributed by atoms with Gasteiger partial charge in [0.25, 0.3) is 0 Å². The van der Waals surface area contributed by atoms with Crippen molar-refractivity contribution in [3.8, 4) is 0 Å². The van der Waals surface area contributed by atoms with Crippen molar-refractivity contribution in [1.82, 2.24) is 9.97 Å². The van der Waals surface area contributed by atoms with Gasteiger partial charge in [0.05, 0.1) is 17.6 Å². The second-order valence-electron chi connectivity index (χ2n) is 3.51. The summed E-state index contributed by atoms with van der Waals surface area (Å²) < 4.78 is 0. The SMILES string of the molecule is Cc1ncc(N(C)C(C)CCl)nc1C. The maximum absolute atomic E-state index is 5.78. The second kappa shape index (κ2) is 4.60. The maximum atomic E-state index is 5.78. The number of hydrogen-bond donors (Lipinski definition) is 0. The molecule has 0 spiro atoms. The highest BCUT2D eigenvalue weighted by Crippen LogP contribution is 2.13. The molecule has 4 heteroatoms. The van der Waals surface area contributed by atoms with E-state index < -0.39 is 0 Å². The Morgan fingerprint density at radius 2 is 2.07 bits per heavy atom. The van der Waals surface area contributed by atoms with E-state index in [1.54, 1.807) is 6.20 Å². The van der Waals surface area contributed by atoms with E-state index in [9.17, 15) is 0 Å². The molecule has 1 atom stereocenters. The number of anilines is 1. The van der Waals surface area contributed by atoms with Gasteiger partial charge >= 0.3 is 0 Å². The van der Waals surface area contributed by atoms with Crippen molar-refractivity contribution in [1.29, 1.82) is 0 Å². The molecule has 3 nitrogen and oxygen atoms in total. The third-order valence-corrected chi connectivity index (χ3v) is 2.87. The monoisotopic (exact) mass is 213 g/mol. The highest BCUT2D eigenvalue weighted by molar-refractivity contribution is 6.18. The minimum absolute atomic E-state index is 0.271. The Labute approximate surface area is 90.1 Å². The van der Waals surface area contributed by atoms with Gasteiger partial charge in [-0.25, -0.2) is 4.98 Å². The molecule has 0 saturated carbocycles. The Kier molecular flexibility index (Phi) is 3.69. The first-order chi connectivity index (χ1) is 6.56. The van der Waals surface area contributed by atoms with Crippen LogP contribution in [-0.2, 0) is 0 Å². The van der Waals surface area contributed by atoms with Gasteiger partial charge in [-0.3, -0.25) is 4.98 Å². The molecule has 0 saturated heterocycles. The number of rotatable bonds is 3. The number of aryl methyl sites for hydroxylation is 2. The molecule has 0 aromatic carbocycles. The van der Waals surface area contributed by atoms with Gasteiger partial charge in [0.1, 0.15) is 5.82 Å². The first kappa shape index (κ1) is 11.2. The highest BCUT2D eigenvalue weighted by atomic mass is 35.5. The fraction of sp³-hybridized carbons (Fsp3) is 0.600. The van der Waals surface area contributed by atoms with Crippen molar-refractivity contribution in [2.45, 2.75) is 26.8 Å². The zero-order valence-corrected chi connectivity index (χ0v) is 9.84. The summed E-state index contributed by atoms with van der Waals surface area (Å²) in [4.78, 5) is 10.7. The van der Waals surface area contributed by atoms with Gasteiger partial charge < -0.3 is 4.90 Å². The third-order valence-electron chi connectivity index (χ3n) is 2.43. The molecule has 0 radical (unpaired) electrons. The largest absolute Gasteiger partial charge is 0.354 e. The lowest BCUT2D eigenvalue weighted by Gasteiger charge is -2.24. The van der Waals surface area contributed by atoms with Crippen molar-refractivity contribution in [3.05, 3.63) is 17.6 Å². The number of halogens is 1. The zero-order valence-electron chi connectivity index (χ0n) is 9.08. The molecular weight excluding hydrogens is 198 g/mol. The minimum Gasteiger partial charge on any atom is -0.354 e. The lowest BCUT2D eigenvalue weighted by molar-refractivity contribution is 0.743. The summed E-state index contributed by atoms with van der Waals surface area (Å²) in [7, 11) is 1.98. The molecule has 0 aliphatic carbocycles. The maximum Gasteiger partial charge on any atom is 0.147 e. The summed E-state index contributed by atoms with van der Waals surface area (Å²) in [6.45, 7) is 5.98. The molecule has 1 rings (SSSR count). The van der Waals surface area contributed by atoms with Crippen LogP contribution >= 0.6 is 11.6 Å². The van der Waals surface area contributed by atoms with Crippen LogP contribution < -0.4 is 4.90 Å². The van der Waals surface area contributed by atoms with Gasteiger partial charge in [-0.2, -0.15) is 0 Å². The Balaban J connectivity index is 2.91. The van der Waals surface area contributed by atoms with Crippen LogP contribution in [0.2, 0.25) is 0 Å². The lowest BCUT2D eigenvalue weighted by atomic mass is 10.3. The fourth-order valence-corrected chi connectivity index (χ4v) is 1.24. The molecule has 78 valence electrons. The van der Waals surface area contributed by atoms with Crippen molar-refractivity contribution in [2.75, 3.05) is 17.8 Å². The van der Waals surface area contributed by atoms with Crippen LogP contribution in [0.25, 0.3) is 0 Å². The van der Waals surface area contributed by atoms with Gasteiger partial charge in [-0.1, -0.05) is 0 Å². The van der Waals surface area contributed by atoms with Gasteiger partial charge in [0.15, 0.2) is 0 Å². The Hall–Kier alpha value is -0.830. The van der Waals surface area contributed by atoms with E-state index in [1.165, 1.54) is 0 Å². The predicted octanol–water partition coefficient (Wildman–Crippen LogP) is 2.16. The van der Waals surface area contributed by atoms with Crippen LogP contribution in [0.4, 0.5) is 5.82 Å². The van der Waals surface area contributed by atoms with Crippen molar-refractivity contribution in [2.24, 2.45) is 0 Å². The van der Waals surface area contributed by atoms with Crippen molar-refractivity contribution >= 4 is 17.4 Å². The molecule has 14 heavy (non-hydrogen) atoms. The smallest absolute Gasteiger partial charge is 0.147 e. The van der Waals surface area contributed by atoms with Crippen molar-refractivity contribution < 1.29 is 0 Å². The highest BCUT2D eigenvalue weighted by Gasteiger charge is 2.10. The van der Waals surface area contributed by atoms with Crippen molar-refractivity contribution in [3.63, 3.8) is 0 Å². The number of hydrogen-bond acceptors (Lipinski definition) is 3. The molecular formula is C10H16ClN3. The van der Waals surface area contributed by atoms with Gasteiger partial charge in [0, 0.05) is 19.0 Å². The second-order valence-corrected chi connectivity index (χ2v) is 3.82. The summed E-state index contributed by atoms with van der Waals surface area (Å²) in [6.07, 6.45) is 1.78. The van der Waals surface area contributed by atoms with Crippen LogP contribution in [0.5, 0.6) is 0 Å². The molecule has 0 bridgehead atoms. The van der Waals surface area contributed by atoms with E-state index in [4.69, 9.17) is 11.6 Å². The van der Waals surface area contributed by atoms with Crippen LogP contribution in [0.3, 0.4) is 0 Å². The van der Waals surface area contributed by atoms with E-state index in [0.29, 0.717) is 5.88 Å². The van der Waals surface area contributed by atoms with Gasteiger partial charge in [-0.05, 0) is 20.8 Å². The van der Waals surface area contributed by atoms with Crippen LogP contribution in [-0.4, -0.2) is 28.9 Å².